The zero-order valence-electron chi connectivity index (χ0n) is 17.1. The first kappa shape index (κ1) is 19.5. The lowest BCUT2D eigenvalue weighted by Crippen LogP contribution is -2.62. The van der Waals surface area contributed by atoms with Gasteiger partial charge in [-0.25, -0.2) is 9.78 Å². The molecule has 3 aliphatic rings. The molecule has 164 valence electrons. The number of hydrogen-bond donors (Lipinski definition) is 1. The van der Waals surface area contributed by atoms with Gasteiger partial charge in [-0.2, -0.15) is 4.98 Å². The molecule has 6 heterocycles. The van der Waals surface area contributed by atoms with Gasteiger partial charge in [-0.1, -0.05) is 11.3 Å². The summed E-state index contributed by atoms with van der Waals surface area (Å²) in [7, 11) is 0. The maximum absolute atomic E-state index is 11.1. The van der Waals surface area contributed by atoms with Crippen molar-refractivity contribution in [2.45, 2.75) is 31.5 Å². The third-order valence-corrected chi connectivity index (χ3v) is 7.04. The highest BCUT2D eigenvalue weighted by atomic mass is 32.1. The lowest BCUT2D eigenvalue weighted by molar-refractivity contribution is -0.192. The van der Waals surface area contributed by atoms with Crippen molar-refractivity contribution in [2.24, 2.45) is 5.73 Å². The number of furan rings is 1. The average Bonchev–Trinajstić information content (AvgIpc) is 3.37. The fourth-order valence-electron chi connectivity index (χ4n) is 4.66. The summed E-state index contributed by atoms with van der Waals surface area (Å²) in [5.41, 5.74) is 7.79. The van der Waals surface area contributed by atoms with E-state index in [1.165, 1.54) is 11.3 Å². The number of pyridine rings is 1. The Kier molecular flexibility index (Phi) is 4.71. The Labute approximate surface area is 187 Å². The normalized spacial score (nSPS) is 21.4. The van der Waals surface area contributed by atoms with Gasteiger partial charge in [0.25, 0.3) is 5.19 Å². The first-order chi connectivity index (χ1) is 15.6. The number of hydroxylamine groups is 2. The molecule has 9 nitrogen and oxygen atoms in total. The molecule has 3 aliphatic heterocycles. The van der Waals surface area contributed by atoms with Crippen LogP contribution in [0.4, 0.5) is 4.79 Å². The van der Waals surface area contributed by atoms with Gasteiger partial charge in [0, 0.05) is 42.3 Å². The maximum atomic E-state index is 11.1. The molecule has 1 aromatic carbocycles. The minimum absolute atomic E-state index is 0.175. The number of piperidine rings is 2. The van der Waals surface area contributed by atoms with Crippen LogP contribution in [0.25, 0.3) is 21.3 Å². The Hall–Kier alpha value is -3.21. The molecule has 0 spiro atoms. The molecule has 0 radical (unpaired) electrons. The van der Waals surface area contributed by atoms with E-state index in [1.54, 1.807) is 11.3 Å². The molecule has 0 saturated carbocycles. The fraction of sp³-hybridized carbons (Fsp3) is 0.318. The number of ether oxygens (including phenoxy) is 1. The second kappa shape index (κ2) is 7.73. The minimum Gasteiger partial charge on any atom is -0.464 e. The maximum Gasteiger partial charge on any atom is 0.423 e. The number of fused-ring (bicyclic) bond motifs is 5. The van der Waals surface area contributed by atoms with E-state index in [9.17, 15) is 4.79 Å². The first-order valence-corrected chi connectivity index (χ1v) is 11.3. The van der Waals surface area contributed by atoms with Crippen molar-refractivity contribution in [2.75, 3.05) is 13.1 Å². The standard InChI is InChI=1S/C22H21N5O4S/c23-21(28)31-27-11-14-3-4-15(27)10-26(14)9-13-12-29-18-8-16(5-6-17(13)18)30-22-25-20-19(32-22)2-1-7-24-20/h1-2,5-8,12,14-15H,3-4,9-11H2,(H2,23,28)/t14-,15-/m0/s1. The molecule has 32 heavy (non-hydrogen) atoms. The van der Waals surface area contributed by atoms with Gasteiger partial charge in [0.05, 0.1) is 23.5 Å². The van der Waals surface area contributed by atoms with Crippen LogP contribution < -0.4 is 10.5 Å². The second-order valence-corrected chi connectivity index (χ2v) is 9.14. The van der Waals surface area contributed by atoms with Gasteiger partial charge in [0.1, 0.15) is 11.3 Å². The summed E-state index contributed by atoms with van der Waals surface area (Å²) in [6, 6.07) is 10.2. The van der Waals surface area contributed by atoms with E-state index in [2.05, 4.69) is 14.9 Å². The summed E-state index contributed by atoms with van der Waals surface area (Å²) in [6.45, 7) is 2.29. The Morgan fingerprint density at radius 1 is 1.25 bits per heavy atom. The number of benzene rings is 1. The van der Waals surface area contributed by atoms with Crippen LogP contribution in [0.2, 0.25) is 0 Å². The molecule has 2 atom stereocenters. The summed E-state index contributed by atoms with van der Waals surface area (Å²) in [4.78, 5) is 27.4. The number of aromatic nitrogens is 2. The summed E-state index contributed by atoms with van der Waals surface area (Å²) < 4.78 is 12.8. The molecule has 3 fully saturated rings. The van der Waals surface area contributed by atoms with Crippen LogP contribution in [0.15, 0.2) is 47.2 Å². The number of amides is 1. The summed E-state index contributed by atoms with van der Waals surface area (Å²) >= 11 is 1.46. The van der Waals surface area contributed by atoms with Crippen molar-refractivity contribution in [3.05, 3.63) is 48.4 Å². The number of rotatable bonds is 5. The van der Waals surface area contributed by atoms with E-state index in [0.717, 1.165) is 47.2 Å². The van der Waals surface area contributed by atoms with E-state index in [0.29, 0.717) is 29.2 Å². The predicted molar refractivity (Wildman–Crippen MR) is 118 cm³/mol. The summed E-state index contributed by atoms with van der Waals surface area (Å²) in [6.07, 6.45) is 4.87. The van der Waals surface area contributed by atoms with E-state index in [-0.39, 0.29) is 6.04 Å². The topological polar surface area (TPSA) is 107 Å². The number of piperazine rings is 1. The zero-order chi connectivity index (χ0) is 21.7. The van der Waals surface area contributed by atoms with Crippen LogP contribution in [0, 0.1) is 0 Å². The van der Waals surface area contributed by atoms with E-state index >= 15 is 0 Å². The van der Waals surface area contributed by atoms with Crippen LogP contribution >= 0.6 is 11.3 Å². The third kappa shape index (κ3) is 3.56. The number of carbonyl (C=O) groups excluding carboxylic acids is 1. The van der Waals surface area contributed by atoms with E-state index < -0.39 is 6.09 Å². The number of thiazole rings is 1. The Morgan fingerprint density at radius 3 is 2.97 bits per heavy atom. The predicted octanol–water partition coefficient (Wildman–Crippen LogP) is 3.89. The quantitative estimate of drug-likeness (QED) is 0.487. The van der Waals surface area contributed by atoms with Crippen LogP contribution in [0.1, 0.15) is 18.4 Å². The van der Waals surface area contributed by atoms with Gasteiger partial charge in [0.2, 0.25) is 0 Å². The van der Waals surface area contributed by atoms with Crippen LogP contribution in [0.3, 0.4) is 0 Å². The largest absolute Gasteiger partial charge is 0.464 e. The SMILES string of the molecule is NC(=O)ON1C[C@@H]2CC[C@H]1CN2Cc1coc2cc(Oc3nc4ncccc4s3)ccc12. The van der Waals surface area contributed by atoms with Gasteiger partial charge in [-0.3, -0.25) is 4.90 Å². The van der Waals surface area contributed by atoms with Crippen LogP contribution in [-0.2, 0) is 11.4 Å². The fourth-order valence-corrected chi connectivity index (χ4v) is 5.45. The molecule has 2 bridgehead atoms. The molecule has 3 aromatic heterocycles. The lowest BCUT2D eigenvalue weighted by atomic mass is 9.92. The molecule has 2 N–H and O–H groups in total. The number of primary amides is 1. The molecule has 0 aliphatic carbocycles. The van der Waals surface area contributed by atoms with Crippen LogP contribution in [0.5, 0.6) is 10.9 Å². The average molecular weight is 452 g/mol. The van der Waals surface area contributed by atoms with Gasteiger partial charge in [-0.15, -0.1) is 5.06 Å². The minimum atomic E-state index is -0.745. The van der Waals surface area contributed by atoms with Crippen molar-refractivity contribution in [3.8, 4) is 10.9 Å². The summed E-state index contributed by atoms with van der Waals surface area (Å²) in [5.74, 6) is 0.675. The van der Waals surface area contributed by atoms with Crippen molar-refractivity contribution >= 4 is 38.7 Å². The van der Waals surface area contributed by atoms with Crippen molar-refractivity contribution in [1.82, 2.24) is 19.9 Å². The van der Waals surface area contributed by atoms with Gasteiger partial charge in [-0.05, 0) is 37.1 Å². The molecule has 10 heteroatoms. The molecule has 3 saturated heterocycles. The van der Waals surface area contributed by atoms with E-state index in [1.807, 2.05) is 36.6 Å². The highest BCUT2D eigenvalue weighted by Gasteiger charge is 2.41. The van der Waals surface area contributed by atoms with Crippen molar-refractivity contribution in [1.29, 1.82) is 0 Å². The Bertz CT molecular complexity index is 1270. The molecular formula is C22H21N5O4S. The number of nitrogens with two attached hydrogens (primary N) is 1. The first-order valence-electron chi connectivity index (χ1n) is 10.5. The van der Waals surface area contributed by atoms with Gasteiger partial charge >= 0.3 is 6.09 Å². The molecule has 7 rings (SSSR count). The van der Waals surface area contributed by atoms with Crippen molar-refractivity contribution in [3.63, 3.8) is 0 Å². The molecule has 1 amide bonds. The molecule has 0 unspecified atom stereocenters. The van der Waals surface area contributed by atoms with E-state index in [4.69, 9.17) is 19.7 Å². The number of hydrogen-bond acceptors (Lipinski definition) is 9. The highest BCUT2D eigenvalue weighted by Crippen LogP contribution is 2.35. The van der Waals surface area contributed by atoms with Crippen LogP contribution in [-0.4, -0.2) is 51.2 Å². The number of nitrogens with zero attached hydrogens (tertiary/aromatic N) is 4. The molecular weight excluding hydrogens is 430 g/mol. The lowest BCUT2D eigenvalue weighted by Gasteiger charge is -2.49. The Balaban J connectivity index is 1.18. The highest BCUT2D eigenvalue weighted by molar-refractivity contribution is 7.20. The monoisotopic (exact) mass is 451 g/mol. The molecule has 4 aromatic rings. The number of carbonyl (C=O) groups is 1. The zero-order valence-corrected chi connectivity index (χ0v) is 18.0. The van der Waals surface area contributed by atoms with Gasteiger partial charge < -0.3 is 19.7 Å². The second-order valence-electron chi connectivity index (χ2n) is 8.15. The van der Waals surface area contributed by atoms with Crippen molar-refractivity contribution < 1.29 is 18.8 Å². The third-order valence-electron chi connectivity index (χ3n) is 6.15. The Morgan fingerprint density at radius 2 is 2.16 bits per heavy atom. The smallest absolute Gasteiger partial charge is 0.423 e. The van der Waals surface area contributed by atoms with Gasteiger partial charge in [0.15, 0.2) is 5.65 Å². The summed E-state index contributed by atoms with van der Waals surface area (Å²) in [5, 5.41) is 3.36.